The normalized spacial score (nSPS) is 11.8. The molecular weight excluding hydrogens is 486 g/mol. The number of nitriles is 2. The van der Waals surface area contributed by atoms with E-state index in [2.05, 4.69) is 102 Å². The molecule has 0 heterocycles. The molecule has 0 fully saturated rings. The van der Waals surface area contributed by atoms with Gasteiger partial charge in [0.25, 0.3) is 0 Å². The molecule has 0 N–H and O–H groups in total. The zero-order chi connectivity index (χ0) is 28.8. The van der Waals surface area contributed by atoms with Crippen molar-refractivity contribution in [2.75, 3.05) is 4.90 Å². The van der Waals surface area contributed by atoms with Crippen molar-refractivity contribution in [1.82, 2.24) is 0 Å². The van der Waals surface area contributed by atoms with Gasteiger partial charge in [0, 0.05) is 22.1 Å². The third-order valence-corrected chi connectivity index (χ3v) is 7.82. The first kappa shape index (κ1) is 27.0. The van der Waals surface area contributed by atoms with E-state index in [0.29, 0.717) is 11.1 Å². The molecule has 5 aromatic rings. The average Bonchev–Trinajstić information content (AvgIpc) is 2.94. The lowest BCUT2D eigenvalue weighted by Crippen LogP contribution is -2.14. The molecule has 0 radical (unpaired) electrons. The quantitative estimate of drug-likeness (QED) is 0.222. The molecule has 0 aliphatic carbocycles. The minimum absolute atomic E-state index is 0.0157. The third kappa shape index (κ3) is 4.81. The highest BCUT2D eigenvalue weighted by molar-refractivity contribution is 6.16. The summed E-state index contributed by atoms with van der Waals surface area (Å²) >= 11 is 0. The molecule has 0 aromatic heterocycles. The smallest absolute Gasteiger partial charge is 0.0991 e. The minimum atomic E-state index is -0.0157. The van der Waals surface area contributed by atoms with Gasteiger partial charge in [-0.25, -0.2) is 0 Å². The summed E-state index contributed by atoms with van der Waals surface area (Å²) in [5, 5.41) is 23.7. The molecule has 40 heavy (non-hydrogen) atoms. The van der Waals surface area contributed by atoms with Gasteiger partial charge in [-0.3, -0.25) is 0 Å². The number of anilines is 3. The maximum absolute atomic E-state index is 9.48. The van der Waals surface area contributed by atoms with Gasteiger partial charge >= 0.3 is 0 Å². The van der Waals surface area contributed by atoms with E-state index in [0.717, 1.165) is 22.4 Å². The van der Waals surface area contributed by atoms with E-state index in [1.165, 1.54) is 32.8 Å². The second-order valence-corrected chi connectivity index (χ2v) is 12.6. The van der Waals surface area contributed by atoms with Gasteiger partial charge in [-0.05, 0) is 99.8 Å². The molecule has 0 saturated carbocycles. The number of hydrogen-bond donors (Lipinski definition) is 0. The van der Waals surface area contributed by atoms with Crippen LogP contribution in [0.15, 0.2) is 84.9 Å². The van der Waals surface area contributed by atoms with Crippen LogP contribution >= 0.6 is 0 Å². The minimum Gasteiger partial charge on any atom is -0.309 e. The van der Waals surface area contributed by atoms with Gasteiger partial charge in [0.15, 0.2) is 0 Å². The summed E-state index contributed by atoms with van der Waals surface area (Å²) in [6.45, 7) is 15.7. The summed E-state index contributed by atoms with van der Waals surface area (Å²) in [4.78, 5) is 2.27. The zero-order valence-electron chi connectivity index (χ0n) is 24.4. The van der Waals surface area contributed by atoms with Crippen LogP contribution in [-0.2, 0) is 10.8 Å². The number of rotatable bonds is 3. The van der Waals surface area contributed by atoms with Gasteiger partial charge in [-0.15, -0.1) is 0 Å². The molecule has 0 bridgehead atoms. The molecule has 3 nitrogen and oxygen atoms in total. The Morgan fingerprint density at radius 3 is 1.38 bits per heavy atom. The molecule has 0 unspecified atom stereocenters. The summed E-state index contributed by atoms with van der Waals surface area (Å²) in [6.07, 6.45) is 0. The Kier molecular flexibility index (Phi) is 6.65. The average molecular weight is 522 g/mol. The van der Waals surface area contributed by atoms with E-state index in [1.54, 1.807) is 0 Å². The van der Waals surface area contributed by atoms with Crippen molar-refractivity contribution in [3.63, 3.8) is 0 Å². The second-order valence-electron chi connectivity index (χ2n) is 12.6. The van der Waals surface area contributed by atoms with Crippen molar-refractivity contribution in [2.45, 2.75) is 59.3 Å². The number of hydrogen-bond acceptors (Lipinski definition) is 3. The van der Waals surface area contributed by atoms with Crippen molar-refractivity contribution < 1.29 is 0 Å². The van der Waals surface area contributed by atoms with Crippen molar-refractivity contribution >= 4 is 38.6 Å². The summed E-state index contributed by atoms with van der Waals surface area (Å²) in [6, 6.07) is 33.7. The van der Waals surface area contributed by atoms with Gasteiger partial charge in [0.05, 0.1) is 29.0 Å². The number of fused-ring (bicyclic) bond motifs is 2. The van der Waals surface area contributed by atoms with Crippen LogP contribution in [0.1, 0.15) is 69.4 Å². The van der Waals surface area contributed by atoms with Crippen molar-refractivity contribution in [2.24, 2.45) is 0 Å². The summed E-state index contributed by atoms with van der Waals surface area (Å²) in [5.41, 5.74) is 8.07. The zero-order valence-corrected chi connectivity index (χ0v) is 24.4. The highest BCUT2D eigenvalue weighted by atomic mass is 15.1. The molecule has 5 rings (SSSR count). The van der Waals surface area contributed by atoms with E-state index >= 15 is 0 Å². The second kappa shape index (κ2) is 9.86. The Morgan fingerprint density at radius 2 is 0.950 bits per heavy atom. The summed E-state index contributed by atoms with van der Waals surface area (Å²) in [7, 11) is 0. The van der Waals surface area contributed by atoms with E-state index < -0.39 is 0 Å². The van der Waals surface area contributed by atoms with Crippen molar-refractivity contribution in [3.8, 4) is 12.1 Å². The van der Waals surface area contributed by atoms with Crippen molar-refractivity contribution in [1.29, 1.82) is 10.5 Å². The molecule has 0 amide bonds. The van der Waals surface area contributed by atoms with Crippen LogP contribution in [-0.4, -0.2) is 0 Å². The van der Waals surface area contributed by atoms with Crippen LogP contribution < -0.4 is 4.90 Å². The van der Waals surface area contributed by atoms with Gasteiger partial charge < -0.3 is 4.90 Å². The van der Waals surface area contributed by atoms with E-state index in [-0.39, 0.29) is 10.8 Å². The van der Waals surface area contributed by atoms with Crippen LogP contribution in [0.2, 0.25) is 0 Å². The van der Waals surface area contributed by atoms with Gasteiger partial charge in [0.1, 0.15) is 0 Å². The molecule has 5 aromatic carbocycles. The Hall–Kier alpha value is -4.60. The molecule has 0 saturated heterocycles. The Balaban J connectivity index is 1.96. The number of benzene rings is 5. The lowest BCUT2D eigenvalue weighted by Gasteiger charge is -2.31. The van der Waals surface area contributed by atoms with E-state index in [9.17, 15) is 10.5 Å². The maximum Gasteiger partial charge on any atom is 0.0991 e. The maximum atomic E-state index is 9.48. The first-order valence-corrected chi connectivity index (χ1v) is 13.7. The van der Waals surface area contributed by atoms with Crippen LogP contribution in [0.5, 0.6) is 0 Å². The lowest BCUT2D eigenvalue weighted by atomic mass is 9.82. The molecular formula is C37H35N3. The fraction of sp³-hybridized carbons (Fsp3) is 0.243. The summed E-state index contributed by atoms with van der Waals surface area (Å²) in [5.74, 6) is 0. The summed E-state index contributed by atoms with van der Waals surface area (Å²) < 4.78 is 0. The van der Waals surface area contributed by atoms with Crippen LogP contribution in [0.3, 0.4) is 0 Å². The van der Waals surface area contributed by atoms with Crippen molar-refractivity contribution in [3.05, 3.63) is 113 Å². The molecule has 0 spiro atoms. The predicted molar refractivity (Wildman–Crippen MR) is 168 cm³/mol. The standard InChI is InChI=1S/C37H35N3/c1-24-31-18-12-28(37(5,6)7)21-34(31)35(32-19-13-27(20-33(24)32)36(2,3)4)40(29-14-8-25(22-38)9-15-29)30-16-10-26(23-39)11-17-30/h8-21H,1-7H3. The third-order valence-electron chi connectivity index (χ3n) is 7.82. The molecule has 0 aliphatic heterocycles. The van der Waals surface area contributed by atoms with Crippen LogP contribution in [0, 0.1) is 29.6 Å². The fourth-order valence-electron chi connectivity index (χ4n) is 5.37. The Morgan fingerprint density at radius 1 is 0.525 bits per heavy atom. The topological polar surface area (TPSA) is 50.8 Å². The van der Waals surface area contributed by atoms with E-state index in [1.807, 2.05) is 48.5 Å². The number of nitrogens with zero attached hydrogens (tertiary/aromatic N) is 3. The van der Waals surface area contributed by atoms with Crippen LogP contribution in [0.4, 0.5) is 17.1 Å². The Labute approximate surface area is 237 Å². The van der Waals surface area contributed by atoms with Gasteiger partial charge in [-0.1, -0.05) is 71.9 Å². The molecule has 0 aliphatic rings. The predicted octanol–water partition coefficient (Wildman–Crippen LogP) is 10.1. The SMILES string of the molecule is Cc1c2cc(C(C)(C)C)ccc2c(N(c2ccc(C#N)cc2)c2ccc(C#N)cc2)c2cc(C(C)(C)C)ccc12. The first-order chi connectivity index (χ1) is 18.9. The van der Waals surface area contributed by atoms with Gasteiger partial charge in [0.2, 0.25) is 0 Å². The monoisotopic (exact) mass is 521 g/mol. The molecule has 198 valence electrons. The van der Waals surface area contributed by atoms with Gasteiger partial charge in [-0.2, -0.15) is 10.5 Å². The number of aryl methyl sites for hydroxylation is 1. The highest BCUT2D eigenvalue weighted by Crippen LogP contribution is 2.47. The largest absolute Gasteiger partial charge is 0.309 e. The fourth-order valence-corrected chi connectivity index (χ4v) is 5.37. The molecule has 0 atom stereocenters. The Bertz CT molecular complexity index is 1760. The first-order valence-electron chi connectivity index (χ1n) is 13.7. The van der Waals surface area contributed by atoms with Crippen LogP contribution in [0.25, 0.3) is 21.5 Å². The highest BCUT2D eigenvalue weighted by Gasteiger charge is 2.24. The van der Waals surface area contributed by atoms with E-state index in [4.69, 9.17) is 0 Å². The lowest BCUT2D eigenvalue weighted by molar-refractivity contribution is 0.590. The molecule has 3 heteroatoms.